The van der Waals surface area contributed by atoms with E-state index in [1.54, 1.807) is 0 Å². The van der Waals surface area contributed by atoms with Gasteiger partial charge >= 0.3 is 11.9 Å². The predicted octanol–water partition coefficient (Wildman–Crippen LogP) is 1.52. The summed E-state index contributed by atoms with van der Waals surface area (Å²) in [6.45, 7) is -0.754. The Kier molecular flexibility index (Phi) is 10.4. The summed E-state index contributed by atoms with van der Waals surface area (Å²) in [4.78, 5) is 53.1. The minimum absolute atomic E-state index is 0.115. The highest BCUT2D eigenvalue weighted by atomic mass is 33.1. The molecule has 0 radical (unpaired) electrons. The van der Waals surface area contributed by atoms with E-state index < -0.39 is 41.2 Å². The average molecular weight is 451 g/mol. The van der Waals surface area contributed by atoms with E-state index >= 15 is 0 Å². The molecular weight excluding hydrogens is 434 g/mol. The van der Waals surface area contributed by atoms with Gasteiger partial charge in [-0.2, -0.15) is 0 Å². The maximum atomic E-state index is 12.2. The average Bonchev–Trinajstić information content (AvgIpc) is 2.64. The van der Waals surface area contributed by atoms with Crippen molar-refractivity contribution >= 4 is 39.2 Å². The van der Waals surface area contributed by atoms with E-state index in [4.69, 9.17) is 15.2 Å². The van der Waals surface area contributed by atoms with Crippen molar-refractivity contribution in [2.45, 2.75) is 12.5 Å². The van der Waals surface area contributed by atoms with Gasteiger partial charge in [0.1, 0.15) is 30.6 Å². The molecule has 0 aliphatic carbocycles. The molecule has 1 unspecified atom stereocenters. The van der Waals surface area contributed by atoms with Gasteiger partial charge in [0.2, 0.25) is 0 Å². The first-order valence-corrected chi connectivity index (χ1v) is 10.5. The van der Waals surface area contributed by atoms with Crippen LogP contribution in [-0.4, -0.2) is 53.4 Å². The van der Waals surface area contributed by atoms with Crippen LogP contribution >= 0.6 is 21.6 Å². The van der Waals surface area contributed by atoms with E-state index in [0.29, 0.717) is 5.75 Å². The van der Waals surface area contributed by atoms with Gasteiger partial charge < -0.3 is 24.9 Å². The third-order valence-electron chi connectivity index (χ3n) is 2.96. The third kappa shape index (κ3) is 9.70. The molecule has 1 aromatic rings. The molecule has 0 aliphatic heterocycles. The van der Waals surface area contributed by atoms with Crippen LogP contribution in [0.1, 0.15) is 16.8 Å². The van der Waals surface area contributed by atoms with Gasteiger partial charge in [-0.05, 0) is 24.5 Å². The van der Waals surface area contributed by atoms with Gasteiger partial charge in [0, 0.05) is 11.4 Å². The highest BCUT2D eigenvalue weighted by molar-refractivity contribution is 8.76. The van der Waals surface area contributed by atoms with Crippen LogP contribution in [0.3, 0.4) is 0 Å². The number of hydrogen-bond acceptors (Lipinski definition) is 13. The van der Waals surface area contributed by atoms with Gasteiger partial charge in [0.15, 0.2) is 0 Å². The van der Waals surface area contributed by atoms with E-state index in [1.807, 2.05) is 6.26 Å². The molecule has 0 bridgehead atoms. The topological polar surface area (TPSA) is 183 Å². The fourth-order valence-electron chi connectivity index (χ4n) is 1.87. The zero-order chi connectivity index (χ0) is 21.8. The lowest BCUT2D eigenvalue weighted by Gasteiger charge is -2.14. The van der Waals surface area contributed by atoms with Gasteiger partial charge in [0.25, 0.3) is 10.2 Å². The van der Waals surface area contributed by atoms with Crippen LogP contribution in [0.15, 0.2) is 18.2 Å². The molecule has 0 fully saturated rings. The van der Waals surface area contributed by atoms with Crippen molar-refractivity contribution in [3.05, 3.63) is 44.0 Å². The van der Waals surface area contributed by atoms with Crippen molar-refractivity contribution in [1.82, 2.24) is 0 Å². The third-order valence-corrected chi connectivity index (χ3v) is 4.74. The molecule has 0 heterocycles. The Labute approximate surface area is 171 Å². The fraction of sp³-hybridized carbons (Fsp3) is 0.429. The molecule has 0 amide bonds. The second-order valence-corrected chi connectivity index (χ2v) is 7.71. The number of carbonyl (C=O) groups is 2. The first kappa shape index (κ1) is 24.1. The molecule has 160 valence electrons. The number of nitrogens with zero attached hydrogens (tertiary/aromatic N) is 2. The van der Waals surface area contributed by atoms with Crippen LogP contribution < -0.4 is 10.5 Å². The molecule has 15 heteroatoms. The first-order valence-electron chi connectivity index (χ1n) is 7.74. The minimum atomic E-state index is -1.59. The standard InChI is InChI=1S/C14H17N3O10S2/c1-28-29-5-4-24-14(19)11-6-9(15)2-3-12(11)26-13(18)7-10(27-17(22)23)8-25-16(20)21/h2-3,6,10H,4-5,7-8,15H2,1H3. The van der Waals surface area contributed by atoms with Gasteiger partial charge in [0.05, 0.1) is 6.42 Å². The van der Waals surface area contributed by atoms with E-state index in [2.05, 4.69) is 9.68 Å². The lowest BCUT2D eigenvalue weighted by atomic mass is 10.2. The summed E-state index contributed by atoms with van der Waals surface area (Å²) < 4.78 is 10.1. The summed E-state index contributed by atoms with van der Waals surface area (Å²) in [5, 5.41) is 18.3. The van der Waals surface area contributed by atoms with Crippen LogP contribution in [0.2, 0.25) is 0 Å². The van der Waals surface area contributed by atoms with Crippen LogP contribution in [-0.2, 0) is 19.2 Å². The molecule has 0 aliphatic rings. The number of nitrogen functional groups attached to an aromatic ring is 1. The Bertz CT molecular complexity index is 748. The monoisotopic (exact) mass is 451 g/mol. The Morgan fingerprint density at radius 3 is 2.59 bits per heavy atom. The molecule has 29 heavy (non-hydrogen) atoms. The molecule has 13 nitrogen and oxygen atoms in total. The van der Waals surface area contributed by atoms with Crippen molar-refractivity contribution in [2.75, 3.05) is 31.0 Å². The molecule has 0 saturated heterocycles. The maximum absolute atomic E-state index is 12.2. The number of anilines is 1. The molecule has 0 aromatic heterocycles. The summed E-state index contributed by atoms with van der Waals surface area (Å²) in [6, 6.07) is 3.86. The molecule has 0 spiro atoms. The number of rotatable bonds is 13. The largest absolute Gasteiger partial charge is 0.461 e. The predicted molar refractivity (Wildman–Crippen MR) is 102 cm³/mol. The number of hydrogen-bond donors (Lipinski definition) is 1. The number of carbonyl (C=O) groups excluding carboxylic acids is 2. The molecule has 0 saturated carbocycles. The van der Waals surface area contributed by atoms with Crippen LogP contribution in [0, 0.1) is 20.2 Å². The van der Waals surface area contributed by atoms with Gasteiger partial charge in [-0.3, -0.25) is 4.79 Å². The normalized spacial score (nSPS) is 11.2. The highest BCUT2D eigenvalue weighted by Gasteiger charge is 2.23. The van der Waals surface area contributed by atoms with Crippen molar-refractivity contribution in [3.8, 4) is 5.75 Å². The number of benzene rings is 1. The Morgan fingerprint density at radius 2 is 1.97 bits per heavy atom. The molecular formula is C14H17N3O10S2. The van der Waals surface area contributed by atoms with Crippen molar-refractivity contribution in [3.63, 3.8) is 0 Å². The summed E-state index contributed by atoms with van der Waals surface area (Å²) >= 11 is 0. The van der Waals surface area contributed by atoms with Crippen LogP contribution in [0.5, 0.6) is 5.75 Å². The van der Waals surface area contributed by atoms with Crippen molar-refractivity contribution in [2.24, 2.45) is 0 Å². The fourth-order valence-corrected chi connectivity index (χ4v) is 2.89. The Hall–Kier alpha value is -2.94. The zero-order valence-corrected chi connectivity index (χ0v) is 16.6. The lowest BCUT2D eigenvalue weighted by molar-refractivity contribution is -0.789. The molecule has 1 rings (SSSR count). The van der Waals surface area contributed by atoms with E-state index in [1.165, 1.54) is 39.8 Å². The number of ether oxygens (including phenoxy) is 2. The maximum Gasteiger partial charge on any atom is 0.342 e. The number of esters is 2. The van der Waals surface area contributed by atoms with E-state index in [-0.39, 0.29) is 23.6 Å². The summed E-state index contributed by atoms with van der Waals surface area (Å²) in [6.07, 6.45) is -0.470. The summed E-state index contributed by atoms with van der Waals surface area (Å²) in [5.41, 5.74) is 5.73. The first-order chi connectivity index (χ1) is 13.7. The smallest absolute Gasteiger partial charge is 0.342 e. The SMILES string of the molecule is CSSCCOC(=O)c1cc(N)ccc1OC(=O)CC(CO[N+](=O)[O-])O[N+](=O)[O-]. The zero-order valence-electron chi connectivity index (χ0n) is 15.0. The van der Waals surface area contributed by atoms with Crippen LogP contribution in [0.25, 0.3) is 0 Å². The molecule has 1 aromatic carbocycles. The Morgan fingerprint density at radius 1 is 1.24 bits per heavy atom. The quantitative estimate of drug-likeness (QED) is 0.0866. The van der Waals surface area contributed by atoms with Crippen molar-refractivity contribution < 1.29 is 38.9 Å². The number of nitrogens with two attached hydrogens (primary N) is 1. The summed E-state index contributed by atoms with van der Waals surface area (Å²) in [7, 11) is 2.98. The van der Waals surface area contributed by atoms with Gasteiger partial charge in [-0.25, -0.2) is 4.79 Å². The van der Waals surface area contributed by atoms with Crippen LogP contribution in [0.4, 0.5) is 5.69 Å². The van der Waals surface area contributed by atoms with E-state index in [0.717, 1.165) is 0 Å². The lowest BCUT2D eigenvalue weighted by Crippen LogP contribution is -2.29. The van der Waals surface area contributed by atoms with Crippen molar-refractivity contribution in [1.29, 1.82) is 0 Å². The second kappa shape index (κ2) is 12.5. The van der Waals surface area contributed by atoms with Gasteiger partial charge in [-0.15, -0.1) is 20.2 Å². The second-order valence-electron chi connectivity index (χ2n) is 5.03. The van der Waals surface area contributed by atoms with Gasteiger partial charge in [-0.1, -0.05) is 21.6 Å². The molecule has 2 N–H and O–H groups in total. The van der Waals surface area contributed by atoms with E-state index in [9.17, 15) is 29.8 Å². The molecule has 1 atom stereocenters. The highest BCUT2D eigenvalue weighted by Crippen LogP contribution is 2.24. The summed E-state index contributed by atoms with van der Waals surface area (Å²) in [5.74, 6) is -1.49. The Balaban J connectivity index is 2.81. The minimum Gasteiger partial charge on any atom is -0.461 e.